The molecule has 0 radical (unpaired) electrons. The molecule has 114 valence electrons. The van der Waals surface area contributed by atoms with Crippen molar-refractivity contribution in [1.82, 2.24) is 14.1 Å². The van der Waals surface area contributed by atoms with Crippen LogP contribution in [-0.4, -0.2) is 36.7 Å². The molecule has 0 N–H and O–H groups in total. The van der Waals surface area contributed by atoms with E-state index in [4.69, 9.17) is 16.3 Å². The van der Waals surface area contributed by atoms with Crippen molar-refractivity contribution in [1.29, 1.82) is 0 Å². The van der Waals surface area contributed by atoms with E-state index >= 15 is 0 Å². The number of sulfonamides is 1. The van der Waals surface area contributed by atoms with Crippen LogP contribution in [0.2, 0.25) is 5.02 Å². The Morgan fingerprint density at radius 3 is 2.43 bits per heavy atom. The molecule has 0 atom stereocenters. The van der Waals surface area contributed by atoms with E-state index in [9.17, 15) is 8.42 Å². The van der Waals surface area contributed by atoms with Crippen molar-refractivity contribution in [3.05, 3.63) is 41.2 Å². The number of methoxy groups -OCH3 is 1. The molecule has 0 unspecified atom stereocenters. The molecule has 1 heterocycles. The van der Waals surface area contributed by atoms with Crippen LogP contribution in [0.4, 0.5) is 0 Å². The average molecular weight is 330 g/mol. The smallest absolute Gasteiger partial charge is 0.243 e. The number of aromatic nitrogens is 2. The van der Waals surface area contributed by atoms with E-state index in [-0.39, 0.29) is 11.4 Å². The van der Waals surface area contributed by atoms with Gasteiger partial charge in [-0.2, -0.15) is 9.40 Å². The summed E-state index contributed by atoms with van der Waals surface area (Å²) in [4.78, 5) is 0.198. The van der Waals surface area contributed by atoms with Gasteiger partial charge in [-0.15, -0.1) is 0 Å². The zero-order valence-corrected chi connectivity index (χ0v) is 13.5. The molecule has 0 amide bonds. The van der Waals surface area contributed by atoms with Crippen LogP contribution >= 0.6 is 11.6 Å². The molecule has 21 heavy (non-hydrogen) atoms. The first-order valence-electron chi connectivity index (χ1n) is 6.13. The molecule has 0 aliphatic heterocycles. The van der Waals surface area contributed by atoms with Gasteiger partial charge in [-0.1, -0.05) is 11.6 Å². The summed E-state index contributed by atoms with van der Waals surface area (Å²) in [5.74, 6) is 0.603. The number of hydrogen-bond acceptors (Lipinski definition) is 4. The quantitative estimate of drug-likeness (QED) is 0.840. The van der Waals surface area contributed by atoms with Gasteiger partial charge >= 0.3 is 0 Å². The average Bonchev–Trinajstić information content (AvgIpc) is 2.79. The van der Waals surface area contributed by atoms with Crippen LogP contribution in [0.1, 0.15) is 5.69 Å². The van der Waals surface area contributed by atoms with E-state index in [0.29, 0.717) is 16.5 Å². The van der Waals surface area contributed by atoms with Gasteiger partial charge in [-0.05, 0) is 24.3 Å². The maximum atomic E-state index is 12.5. The van der Waals surface area contributed by atoms with E-state index in [1.807, 2.05) is 0 Å². The minimum atomic E-state index is -3.60. The minimum Gasteiger partial charge on any atom is -0.497 e. The molecule has 0 saturated heterocycles. The van der Waals surface area contributed by atoms with Crippen LogP contribution in [0.15, 0.2) is 35.4 Å². The fraction of sp³-hybridized carbons (Fsp3) is 0.308. The summed E-state index contributed by atoms with van der Waals surface area (Å²) in [6.45, 7) is 0.143. The van der Waals surface area contributed by atoms with Crippen molar-refractivity contribution < 1.29 is 13.2 Å². The highest BCUT2D eigenvalue weighted by Crippen LogP contribution is 2.22. The zero-order chi connectivity index (χ0) is 15.6. The zero-order valence-electron chi connectivity index (χ0n) is 11.9. The van der Waals surface area contributed by atoms with Crippen molar-refractivity contribution >= 4 is 21.6 Å². The lowest BCUT2D eigenvalue weighted by atomic mass is 10.3. The third kappa shape index (κ3) is 3.20. The van der Waals surface area contributed by atoms with Gasteiger partial charge in [-0.25, -0.2) is 8.42 Å². The molecular weight excluding hydrogens is 314 g/mol. The van der Waals surface area contributed by atoms with Gasteiger partial charge in [0.25, 0.3) is 0 Å². The van der Waals surface area contributed by atoms with Gasteiger partial charge in [-0.3, -0.25) is 4.68 Å². The van der Waals surface area contributed by atoms with Gasteiger partial charge in [0.05, 0.1) is 35.5 Å². The van der Waals surface area contributed by atoms with E-state index < -0.39 is 10.0 Å². The molecule has 8 heteroatoms. The second-order valence-corrected chi connectivity index (χ2v) is 6.95. The predicted octanol–water partition coefficient (Wildman–Crippen LogP) is 1.90. The van der Waals surface area contributed by atoms with Crippen LogP contribution in [0.3, 0.4) is 0 Å². The monoisotopic (exact) mass is 329 g/mol. The fourth-order valence-electron chi connectivity index (χ4n) is 1.84. The molecule has 2 rings (SSSR count). The Morgan fingerprint density at radius 2 is 1.95 bits per heavy atom. The summed E-state index contributed by atoms with van der Waals surface area (Å²) >= 11 is 6.00. The minimum absolute atomic E-state index is 0.143. The molecule has 0 bridgehead atoms. The lowest BCUT2D eigenvalue weighted by Gasteiger charge is -2.17. The van der Waals surface area contributed by atoms with Gasteiger partial charge < -0.3 is 4.74 Å². The normalized spacial score (nSPS) is 11.9. The lowest BCUT2D eigenvalue weighted by Crippen LogP contribution is -2.27. The standard InChI is InChI=1S/C13H16ClN3O3S/c1-16(9-13-12(14)8-15-17(13)2)21(18,19)11-6-4-10(20-3)5-7-11/h4-8H,9H2,1-3H3. The van der Waals surface area contributed by atoms with Gasteiger partial charge in [0.2, 0.25) is 10.0 Å². The molecule has 0 fully saturated rings. The van der Waals surface area contributed by atoms with E-state index in [0.717, 1.165) is 0 Å². The van der Waals surface area contributed by atoms with Crippen molar-refractivity contribution in [2.24, 2.45) is 7.05 Å². The van der Waals surface area contributed by atoms with Crippen molar-refractivity contribution in [3.8, 4) is 5.75 Å². The number of hydrogen-bond donors (Lipinski definition) is 0. The van der Waals surface area contributed by atoms with Crippen LogP contribution in [0, 0.1) is 0 Å². The van der Waals surface area contributed by atoms with Crippen molar-refractivity contribution in [2.45, 2.75) is 11.4 Å². The Balaban J connectivity index is 2.26. The van der Waals surface area contributed by atoms with Crippen LogP contribution in [-0.2, 0) is 23.6 Å². The van der Waals surface area contributed by atoms with Crippen LogP contribution in [0.5, 0.6) is 5.75 Å². The fourth-order valence-corrected chi connectivity index (χ4v) is 3.20. The molecule has 0 spiro atoms. The van der Waals surface area contributed by atoms with Crippen LogP contribution < -0.4 is 4.74 Å². The molecule has 1 aromatic carbocycles. The number of rotatable bonds is 5. The SMILES string of the molecule is COc1ccc(S(=O)(=O)N(C)Cc2c(Cl)cnn2C)cc1. The molecular formula is C13H16ClN3O3S. The second-order valence-electron chi connectivity index (χ2n) is 4.50. The Kier molecular flexibility index (Phi) is 4.55. The lowest BCUT2D eigenvalue weighted by molar-refractivity contribution is 0.414. The maximum absolute atomic E-state index is 12.5. The predicted molar refractivity (Wildman–Crippen MR) is 79.9 cm³/mol. The highest BCUT2D eigenvalue weighted by Gasteiger charge is 2.23. The third-order valence-corrected chi connectivity index (χ3v) is 5.28. The summed E-state index contributed by atoms with van der Waals surface area (Å²) in [5.41, 5.74) is 0.635. The van der Waals surface area contributed by atoms with Gasteiger partial charge in [0.1, 0.15) is 5.75 Å². The number of nitrogens with zero attached hydrogens (tertiary/aromatic N) is 3. The molecule has 0 aliphatic carbocycles. The highest BCUT2D eigenvalue weighted by molar-refractivity contribution is 7.89. The molecule has 1 aromatic heterocycles. The summed E-state index contributed by atoms with van der Waals surface area (Å²) in [6.07, 6.45) is 1.49. The first kappa shape index (κ1) is 15.8. The second kappa shape index (κ2) is 6.05. The van der Waals surface area contributed by atoms with Crippen molar-refractivity contribution in [3.63, 3.8) is 0 Å². The third-order valence-electron chi connectivity index (χ3n) is 3.15. The van der Waals surface area contributed by atoms with Gasteiger partial charge in [0.15, 0.2) is 0 Å². The summed E-state index contributed by atoms with van der Waals surface area (Å²) in [6, 6.07) is 6.24. The first-order chi connectivity index (χ1) is 9.86. The van der Waals surface area contributed by atoms with E-state index in [1.165, 1.54) is 36.8 Å². The maximum Gasteiger partial charge on any atom is 0.243 e. The van der Waals surface area contributed by atoms with E-state index in [2.05, 4.69) is 5.10 Å². The Morgan fingerprint density at radius 1 is 1.33 bits per heavy atom. The number of aryl methyl sites for hydroxylation is 1. The summed E-state index contributed by atoms with van der Waals surface area (Å²) < 4.78 is 32.8. The Bertz CT molecular complexity index is 706. The number of benzene rings is 1. The number of ether oxygens (including phenoxy) is 1. The topological polar surface area (TPSA) is 64.4 Å². The van der Waals surface area contributed by atoms with Gasteiger partial charge in [0, 0.05) is 14.1 Å². The Hall–Kier alpha value is -1.57. The van der Waals surface area contributed by atoms with Crippen LogP contribution in [0.25, 0.3) is 0 Å². The Labute approximate surface area is 128 Å². The first-order valence-corrected chi connectivity index (χ1v) is 7.95. The molecule has 0 saturated carbocycles. The molecule has 2 aromatic rings. The summed E-state index contributed by atoms with van der Waals surface area (Å²) in [5, 5.41) is 4.43. The molecule has 6 nitrogen and oxygen atoms in total. The van der Waals surface area contributed by atoms with Crippen molar-refractivity contribution in [2.75, 3.05) is 14.2 Å². The number of halogens is 1. The largest absolute Gasteiger partial charge is 0.497 e. The molecule has 0 aliphatic rings. The summed E-state index contributed by atoms with van der Waals surface area (Å²) in [7, 11) is 1.15. The highest BCUT2D eigenvalue weighted by atomic mass is 35.5. The van der Waals surface area contributed by atoms with E-state index in [1.54, 1.807) is 23.9 Å².